The number of aromatic nitrogens is 1. The second-order valence-corrected chi connectivity index (χ2v) is 5.76. The summed E-state index contributed by atoms with van der Waals surface area (Å²) in [6.07, 6.45) is 0. The van der Waals surface area contributed by atoms with E-state index in [1.807, 2.05) is 92.7 Å². The molecule has 0 aliphatic rings. The summed E-state index contributed by atoms with van der Waals surface area (Å²) in [6.45, 7) is 3.85. The Bertz CT molecular complexity index is 849. The zero-order chi connectivity index (χ0) is 18.2. The van der Waals surface area contributed by atoms with Gasteiger partial charge in [0.1, 0.15) is 0 Å². The van der Waals surface area contributed by atoms with Crippen molar-refractivity contribution in [2.75, 3.05) is 10.9 Å². The van der Waals surface area contributed by atoms with Crippen molar-refractivity contribution in [3.63, 3.8) is 0 Å². The minimum Gasteiger partial charge on any atom is -1.00 e. The predicted molar refractivity (Wildman–Crippen MR) is 109 cm³/mol. The van der Waals surface area contributed by atoms with Crippen LogP contribution < -0.4 is 48.1 Å². The van der Waals surface area contributed by atoms with Crippen LogP contribution in [0.5, 0.6) is 0 Å². The van der Waals surface area contributed by atoms with E-state index < -0.39 is 0 Å². The van der Waals surface area contributed by atoms with Gasteiger partial charge in [-0.05, 0) is 50.2 Å². The van der Waals surface area contributed by atoms with Crippen molar-refractivity contribution in [3.8, 4) is 0 Å². The number of hydrazone groups is 2. The molecule has 156 valence electrons. The van der Waals surface area contributed by atoms with Crippen LogP contribution in [0.1, 0.15) is 25.2 Å². The molecule has 0 aliphatic heterocycles. The number of hydrogen-bond acceptors (Lipinski definition) is 5. The van der Waals surface area contributed by atoms with Crippen molar-refractivity contribution in [2.24, 2.45) is 10.2 Å². The average Bonchev–Trinajstić information content (AvgIpc) is 2.72. The molecule has 0 aliphatic carbocycles. The van der Waals surface area contributed by atoms with Crippen LogP contribution in [0.2, 0.25) is 0 Å². The Kier molecular flexibility index (Phi) is 15.9. The summed E-state index contributed by atoms with van der Waals surface area (Å²) >= 11 is 0. The van der Waals surface area contributed by atoms with E-state index >= 15 is 0 Å². The maximum absolute atomic E-state index is 4.66. The average molecular weight is 501 g/mol. The van der Waals surface area contributed by atoms with Crippen LogP contribution in [0.25, 0.3) is 0 Å². The van der Waals surface area contributed by atoms with Gasteiger partial charge < -0.3 is 37.2 Å². The van der Waals surface area contributed by atoms with Crippen molar-refractivity contribution in [1.29, 1.82) is 0 Å². The summed E-state index contributed by atoms with van der Waals surface area (Å²) in [6, 6.07) is 25.5. The summed E-state index contributed by atoms with van der Waals surface area (Å²) in [7, 11) is 0. The van der Waals surface area contributed by atoms with E-state index in [4.69, 9.17) is 0 Å². The number of nitrogens with zero attached hydrogens (tertiary/aromatic N) is 3. The monoisotopic (exact) mass is 499 g/mol. The third-order valence-electron chi connectivity index (χ3n) is 3.74. The van der Waals surface area contributed by atoms with E-state index in [-0.39, 0.29) is 55.8 Å². The number of anilines is 2. The number of hydrogen-bond donors (Lipinski definition) is 2. The third kappa shape index (κ3) is 9.20. The van der Waals surface area contributed by atoms with Gasteiger partial charge in [0.05, 0.1) is 34.2 Å². The van der Waals surface area contributed by atoms with Crippen molar-refractivity contribution in [2.45, 2.75) is 13.8 Å². The van der Waals surface area contributed by atoms with E-state index in [2.05, 4.69) is 26.0 Å². The molecule has 0 fully saturated rings. The van der Waals surface area contributed by atoms with Crippen LogP contribution in [0.15, 0.2) is 89.1 Å². The molecular formula is C21H21Cl3N5V. The van der Waals surface area contributed by atoms with Gasteiger partial charge in [0, 0.05) is 0 Å². The number of pyridine rings is 1. The fourth-order valence-corrected chi connectivity index (χ4v) is 2.27. The van der Waals surface area contributed by atoms with E-state index in [0.717, 1.165) is 34.2 Å². The molecule has 0 spiro atoms. The van der Waals surface area contributed by atoms with Crippen LogP contribution in [0.3, 0.4) is 0 Å². The maximum atomic E-state index is 4.66. The normalized spacial score (nSPS) is 10.3. The van der Waals surface area contributed by atoms with Gasteiger partial charge in [-0.15, -0.1) is 0 Å². The van der Waals surface area contributed by atoms with E-state index in [0.29, 0.717) is 0 Å². The molecule has 5 nitrogen and oxygen atoms in total. The van der Waals surface area contributed by atoms with Gasteiger partial charge in [-0.25, -0.2) is 4.98 Å². The Morgan fingerprint density at radius 2 is 0.967 bits per heavy atom. The number of nitrogens with one attached hydrogen (secondary N) is 2. The molecule has 0 unspecified atom stereocenters. The Labute approximate surface area is 208 Å². The van der Waals surface area contributed by atoms with Crippen molar-refractivity contribution in [1.82, 2.24) is 4.98 Å². The molecule has 9 heteroatoms. The molecule has 3 aromatic rings. The smallest absolute Gasteiger partial charge is 1.00 e. The SMILES string of the molecule is CC(=NNc1ccccc1)c1cccc(C(C)=NNc2ccccc2)n1.[Cl-].[Cl-].[Cl-].[V+3]. The third-order valence-corrected chi connectivity index (χ3v) is 3.74. The van der Waals surface area contributed by atoms with E-state index in [9.17, 15) is 0 Å². The van der Waals surface area contributed by atoms with Crippen LogP contribution in [-0.2, 0) is 18.6 Å². The molecule has 2 aromatic carbocycles. The summed E-state index contributed by atoms with van der Waals surface area (Å²) in [5.41, 5.74) is 11.2. The zero-order valence-corrected chi connectivity index (χ0v) is 20.1. The summed E-state index contributed by atoms with van der Waals surface area (Å²) in [5.74, 6) is 0. The molecule has 2 N–H and O–H groups in total. The summed E-state index contributed by atoms with van der Waals surface area (Å²) in [4.78, 5) is 4.66. The molecule has 30 heavy (non-hydrogen) atoms. The Morgan fingerprint density at radius 3 is 1.33 bits per heavy atom. The molecule has 1 aromatic heterocycles. The van der Waals surface area contributed by atoms with Gasteiger partial charge in [-0.2, -0.15) is 10.2 Å². The van der Waals surface area contributed by atoms with Crippen molar-refractivity contribution >= 4 is 22.8 Å². The largest absolute Gasteiger partial charge is 3.00 e. The molecular weight excluding hydrogens is 480 g/mol. The molecule has 1 heterocycles. The van der Waals surface area contributed by atoms with Gasteiger partial charge in [-0.3, -0.25) is 10.9 Å². The van der Waals surface area contributed by atoms with E-state index in [1.54, 1.807) is 0 Å². The minimum atomic E-state index is 0. The van der Waals surface area contributed by atoms with Crippen molar-refractivity contribution < 1.29 is 55.8 Å². The second kappa shape index (κ2) is 15.8. The fraction of sp³-hybridized carbons (Fsp3) is 0.0952. The standard InChI is InChI=1S/C21H21N5.3ClH.V/c1-16(23-25-18-10-5-3-6-11-18)20-14-9-15-21(22-20)17(2)24-26-19-12-7-4-8-13-19;;;;/h3-15,25-26H,1-2H3;3*1H;/q;;;;+3/p-3. The van der Waals surface area contributed by atoms with Crippen LogP contribution in [0, 0.1) is 0 Å². The Morgan fingerprint density at radius 1 is 0.600 bits per heavy atom. The second-order valence-electron chi connectivity index (χ2n) is 5.76. The topological polar surface area (TPSA) is 61.7 Å². The first-order valence-corrected chi connectivity index (χ1v) is 8.41. The first-order valence-electron chi connectivity index (χ1n) is 8.41. The number of rotatable bonds is 6. The molecule has 0 saturated carbocycles. The molecule has 0 saturated heterocycles. The maximum Gasteiger partial charge on any atom is 3.00 e. The summed E-state index contributed by atoms with van der Waals surface area (Å²) < 4.78 is 0. The first-order chi connectivity index (χ1) is 12.7. The molecule has 0 amide bonds. The van der Waals surface area contributed by atoms with Crippen molar-refractivity contribution in [3.05, 3.63) is 90.3 Å². The van der Waals surface area contributed by atoms with Gasteiger partial charge in [0.2, 0.25) is 0 Å². The van der Waals surface area contributed by atoms with E-state index in [1.165, 1.54) is 0 Å². The first kappa shape index (κ1) is 30.2. The van der Waals surface area contributed by atoms with Gasteiger partial charge in [-0.1, -0.05) is 42.5 Å². The molecule has 0 atom stereocenters. The molecule has 0 bridgehead atoms. The van der Waals surface area contributed by atoms with Gasteiger partial charge in [0.25, 0.3) is 0 Å². The number of benzene rings is 2. The van der Waals surface area contributed by atoms with Crippen LogP contribution in [0.4, 0.5) is 11.4 Å². The Balaban J connectivity index is 0. The summed E-state index contributed by atoms with van der Waals surface area (Å²) in [5, 5.41) is 8.81. The molecule has 0 radical (unpaired) electrons. The minimum absolute atomic E-state index is 0. The quantitative estimate of drug-likeness (QED) is 0.266. The number of para-hydroxylation sites is 2. The van der Waals surface area contributed by atoms with Crippen LogP contribution in [-0.4, -0.2) is 16.4 Å². The fourth-order valence-electron chi connectivity index (χ4n) is 2.27. The van der Waals surface area contributed by atoms with Crippen LogP contribution >= 0.6 is 0 Å². The van der Waals surface area contributed by atoms with Gasteiger partial charge in [0.15, 0.2) is 0 Å². The zero-order valence-electron chi connectivity index (χ0n) is 16.4. The Hall–Kier alpha value is -2.02. The number of halogens is 3. The predicted octanol–water partition coefficient (Wildman–Crippen LogP) is -4.24. The van der Waals surface area contributed by atoms with Gasteiger partial charge >= 0.3 is 18.6 Å². The molecule has 3 rings (SSSR count).